The molecule has 2 aromatic rings. The molecule has 0 fully saturated rings. The number of carbonyl (C=O) groups excluding carboxylic acids is 2. The Morgan fingerprint density at radius 1 is 1.09 bits per heavy atom. The molecule has 0 saturated carbocycles. The molecule has 0 spiro atoms. The van der Waals surface area contributed by atoms with Gasteiger partial charge in [0, 0.05) is 15.9 Å². The van der Waals surface area contributed by atoms with Gasteiger partial charge in [-0.15, -0.1) is 11.3 Å². The highest BCUT2D eigenvalue weighted by molar-refractivity contribution is 7.17. The summed E-state index contributed by atoms with van der Waals surface area (Å²) < 4.78 is 5.21. The van der Waals surface area contributed by atoms with Crippen LogP contribution in [-0.2, 0) is 9.53 Å². The van der Waals surface area contributed by atoms with Gasteiger partial charge in [-0.05, 0) is 50.6 Å². The fourth-order valence-electron chi connectivity index (χ4n) is 1.89. The Morgan fingerprint density at radius 2 is 1.74 bits per heavy atom. The maximum absolute atomic E-state index is 12.1. The van der Waals surface area contributed by atoms with E-state index >= 15 is 0 Å². The third kappa shape index (κ3) is 4.81. The largest absolute Gasteiger partial charge is 0.448 e. The monoisotopic (exact) mass is 351 g/mol. The van der Waals surface area contributed by atoms with E-state index < -0.39 is 12.1 Å². The van der Waals surface area contributed by atoms with Gasteiger partial charge in [0.05, 0.1) is 0 Å². The normalized spacial score (nSPS) is 12.0. The van der Waals surface area contributed by atoms with E-state index in [0.717, 1.165) is 10.4 Å². The van der Waals surface area contributed by atoms with E-state index in [1.54, 1.807) is 25.1 Å². The smallest absolute Gasteiger partial charge is 0.349 e. The molecule has 1 N–H and O–H groups in total. The van der Waals surface area contributed by atoms with Crippen LogP contribution in [0.1, 0.15) is 30.4 Å². The third-order valence-electron chi connectivity index (χ3n) is 3.02. The summed E-state index contributed by atoms with van der Waals surface area (Å²) in [7, 11) is 0. The first-order valence-corrected chi connectivity index (χ1v) is 8.43. The van der Waals surface area contributed by atoms with E-state index in [1.807, 2.05) is 32.0 Å². The van der Waals surface area contributed by atoms with Crippen molar-refractivity contribution in [3.05, 3.63) is 46.3 Å². The SMILES string of the molecule is CC(C)NC(=O)[C@@H](C)OC(=O)c1ccc(-c2ccc(Cl)cc2)s1. The van der Waals surface area contributed by atoms with Crippen LogP contribution in [-0.4, -0.2) is 24.0 Å². The lowest BCUT2D eigenvalue weighted by Crippen LogP contribution is -2.39. The molecule has 122 valence electrons. The maximum atomic E-state index is 12.1. The molecule has 0 aliphatic rings. The number of nitrogens with one attached hydrogen (secondary N) is 1. The summed E-state index contributed by atoms with van der Waals surface area (Å²) in [6, 6.07) is 10.9. The number of esters is 1. The maximum Gasteiger partial charge on any atom is 0.349 e. The van der Waals surface area contributed by atoms with Crippen LogP contribution in [0.25, 0.3) is 10.4 Å². The van der Waals surface area contributed by atoms with Gasteiger partial charge in [-0.1, -0.05) is 23.7 Å². The summed E-state index contributed by atoms with van der Waals surface area (Å²) in [6.45, 7) is 5.26. The Kier molecular flexibility index (Phi) is 5.80. The van der Waals surface area contributed by atoms with Crippen molar-refractivity contribution < 1.29 is 14.3 Å². The Bertz CT molecular complexity index is 694. The van der Waals surface area contributed by atoms with Gasteiger partial charge in [0.1, 0.15) is 4.88 Å². The molecule has 0 radical (unpaired) electrons. The zero-order chi connectivity index (χ0) is 17.0. The van der Waals surface area contributed by atoms with E-state index in [2.05, 4.69) is 5.32 Å². The van der Waals surface area contributed by atoms with Gasteiger partial charge < -0.3 is 10.1 Å². The Hall–Kier alpha value is -1.85. The molecule has 1 aromatic heterocycles. The number of thiophene rings is 1. The fourth-order valence-corrected chi connectivity index (χ4v) is 2.91. The zero-order valence-electron chi connectivity index (χ0n) is 13.1. The van der Waals surface area contributed by atoms with Gasteiger partial charge in [-0.2, -0.15) is 0 Å². The van der Waals surface area contributed by atoms with Gasteiger partial charge >= 0.3 is 5.97 Å². The highest BCUT2D eigenvalue weighted by Gasteiger charge is 2.20. The summed E-state index contributed by atoms with van der Waals surface area (Å²) in [6.07, 6.45) is -0.828. The minimum Gasteiger partial charge on any atom is -0.448 e. The van der Waals surface area contributed by atoms with Crippen molar-refractivity contribution in [1.82, 2.24) is 5.32 Å². The van der Waals surface area contributed by atoms with Crippen LogP contribution in [0.4, 0.5) is 0 Å². The molecule has 0 aliphatic heterocycles. The van der Waals surface area contributed by atoms with Crippen LogP contribution >= 0.6 is 22.9 Å². The minimum absolute atomic E-state index is 0.00176. The summed E-state index contributed by atoms with van der Waals surface area (Å²) in [5.74, 6) is -0.801. The number of amides is 1. The van der Waals surface area contributed by atoms with E-state index in [4.69, 9.17) is 16.3 Å². The molecular formula is C17H18ClNO3S. The highest BCUT2D eigenvalue weighted by Crippen LogP contribution is 2.29. The van der Waals surface area contributed by atoms with E-state index in [9.17, 15) is 9.59 Å². The topological polar surface area (TPSA) is 55.4 Å². The molecule has 6 heteroatoms. The molecule has 23 heavy (non-hydrogen) atoms. The molecule has 4 nitrogen and oxygen atoms in total. The third-order valence-corrected chi connectivity index (χ3v) is 4.39. The summed E-state index contributed by atoms with van der Waals surface area (Å²) in [4.78, 5) is 25.3. The van der Waals surface area contributed by atoms with Crippen molar-refractivity contribution in [3.8, 4) is 10.4 Å². The Balaban J connectivity index is 2.03. The molecule has 1 amide bonds. The lowest BCUT2D eigenvalue weighted by Gasteiger charge is -2.14. The van der Waals surface area contributed by atoms with Crippen molar-refractivity contribution in [1.29, 1.82) is 0 Å². The molecular weight excluding hydrogens is 334 g/mol. The van der Waals surface area contributed by atoms with Gasteiger partial charge in [0.25, 0.3) is 5.91 Å². The van der Waals surface area contributed by atoms with E-state index in [-0.39, 0.29) is 11.9 Å². The van der Waals surface area contributed by atoms with Crippen LogP contribution in [0, 0.1) is 0 Å². The first-order valence-electron chi connectivity index (χ1n) is 7.24. The standard InChI is InChI=1S/C17H18ClNO3S/c1-10(2)19-16(20)11(3)22-17(21)15-9-8-14(23-15)12-4-6-13(18)7-5-12/h4-11H,1-3H3,(H,19,20)/t11-/m1/s1. The van der Waals surface area contributed by atoms with Crippen LogP contribution in [0.2, 0.25) is 5.02 Å². The second-order valence-corrected chi connectivity index (χ2v) is 6.90. The Labute approximate surface area is 144 Å². The molecule has 1 atom stereocenters. The van der Waals surface area contributed by atoms with Crippen molar-refractivity contribution in [3.63, 3.8) is 0 Å². The molecule has 0 saturated heterocycles. The molecule has 0 bridgehead atoms. The van der Waals surface area contributed by atoms with Gasteiger partial charge in [-0.25, -0.2) is 4.79 Å². The predicted octanol–water partition coefficient (Wildman–Crippen LogP) is 4.14. The number of ether oxygens (including phenoxy) is 1. The zero-order valence-corrected chi connectivity index (χ0v) is 14.7. The van der Waals surface area contributed by atoms with Crippen LogP contribution in [0.3, 0.4) is 0 Å². The molecule has 0 unspecified atom stereocenters. The minimum atomic E-state index is -0.828. The van der Waals surface area contributed by atoms with Gasteiger partial charge in [-0.3, -0.25) is 4.79 Å². The van der Waals surface area contributed by atoms with Crippen molar-refractivity contribution in [2.24, 2.45) is 0 Å². The first kappa shape index (κ1) is 17.5. The summed E-state index contributed by atoms with van der Waals surface area (Å²) in [5, 5.41) is 3.37. The van der Waals surface area contributed by atoms with Crippen LogP contribution in [0.15, 0.2) is 36.4 Å². The number of carbonyl (C=O) groups is 2. The van der Waals surface area contributed by atoms with Crippen molar-refractivity contribution in [2.75, 3.05) is 0 Å². The molecule has 2 rings (SSSR count). The van der Waals surface area contributed by atoms with Crippen molar-refractivity contribution >= 4 is 34.8 Å². The molecule has 1 aromatic carbocycles. The number of hydrogen-bond donors (Lipinski definition) is 1. The molecule has 0 aliphatic carbocycles. The number of halogens is 1. The van der Waals surface area contributed by atoms with Gasteiger partial charge in [0.15, 0.2) is 6.10 Å². The lowest BCUT2D eigenvalue weighted by molar-refractivity contribution is -0.129. The quantitative estimate of drug-likeness (QED) is 0.824. The average Bonchev–Trinajstić information content (AvgIpc) is 2.97. The first-order chi connectivity index (χ1) is 10.9. The van der Waals surface area contributed by atoms with Crippen LogP contribution in [0.5, 0.6) is 0 Å². The fraction of sp³-hybridized carbons (Fsp3) is 0.294. The molecule has 1 heterocycles. The van der Waals surface area contributed by atoms with E-state index in [0.29, 0.717) is 9.90 Å². The number of rotatable bonds is 5. The number of benzene rings is 1. The second-order valence-electron chi connectivity index (χ2n) is 5.38. The lowest BCUT2D eigenvalue weighted by atomic mass is 10.2. The Morgan fingerprint density at radius 3 is 2.35 bits per heavy atom. The number of hydrogen-bond acceptors (Lipinski definition) is 4. The average molecular weight is 352 g/mol. The highest BCUT2D eigenvalue weighted by atomic mass is 35.5. The van der Waals surface area contributed by atoms with E-state index in [1.165, 1.54) is 11.3 Å². The summed E-state index contributed by atoms with van der Waals surface area (Å²) in [5.41, 5.74) is 0.976. The summed E-state index contributed by atoms with van der Waals surface area (Å²) >= 11 is 7.19. The van der Waals surface area contributed by atoms with Crippen LogP contribution < -0.4 is 5.32 Å². The predicted molar refractivity (Wildman–Crippen MR) is 92.9 cm³/mol. The van der Waals surface area contributed by atoms with Gasteiger partial charge in [0.2, 0.25) is 0 Å². The van der Waals surface area contributed by atoms with Crippen molar-refractivity contribution in [2.45, 2.75) is 32.9 Å². The second kappa shape index (κ2) is 7.62.